The Morgan fingerprint density at radius 3 is 2.68 bits per heavy atom. The van der Waals surface area contributed by atoms with Gasteiger partial charge in [0.25, 0.3) is 0 Å². The van der Waals surface area contributed by atoms with E-state index in [0.717, 1.165) is 29.7 Å². The van der Waals surface area contributed by atoms with Gasteiger partial charge < -0.3 is 14.2 Å². The van der Waals surface area contributed by atoms with Crippen molar-refractivity contribution in [2.75, 3.05) is 23.2 Å². The molecular weight excluding hydrogens is 334 g/mol. The van der Waals surface area contributed by atoms with Crippen molar-refractivity contribution < 1.29 is 8.76 Å². The SMILES string of the molecule is CNc1cc(-c2ccccc2C#N)ccc1N(CC1CCC1)S(=O)[O-]. The van der Waals surface area contributed by atoms with Crippen molar-refractivity contribution in [3.8, 4) is 17.2 Å². The number of benzene rings is 2. The zero-order valence-electron chi connectivity index (χ0n) is 14.1. The van der Waals surface area contributed by atoms with E-state index in [9.17, 15) is 14.0 Å². The van der Waals surface area contributed by atoms with Crippen molar-refractivity contribution in [2.24, 2.45) is 5.92 Å². The molecule has 0 saturated heterocycles. The Labute approximate surface area is 150 Å². The highest BCUT2D eigenvalue weighted by molar-refractivity contribution is 7.80. The lowest BCUT2D eigenvalue weighted by Crippen LogP contribution is -2.34. The van der Waals surface area contributed by atoms with Gasteiger partial charge in [0, 0.05) is 24.9 Å². The van der Waals surface area contributed by atoms with Crippen molar-refractivity contribution in [1.29, 1.82) is 5.26 Å². The van der Waals surface area contributed by atoms with Gasteiger partial charge in [-0.05, 0) is 48.1 Å². The molecule has 0 aliphatic heterocycles. The molecule has 1 aliphatic carbocycles. The van der Waals surface area contributed by atoms with Crippen LogP contribution >= 0.6 is 0 Å². The summed E-state index contributed by atoms with van der Waals surface area (Å²) < 4.78 is 24.9. The molecule has 0 aromatic heterocycles. The molecule has 0 radical (unpaired) electrons. The van der Waals surface area contributed by atoms with E-state index >= 15 is 0 Å². The molecule has 0 heterocycles. The average Bonchev–Trinajstić information content (AvgIpc) is 2.60. The highest BCUT2D eigenvalue weighted by atomic mass is 32.2. The molecule has 1 N–H and O–H groups in total. The van der Waals surface area contributed by atoms with E-state index in [0.29, 0.717) is 23.7 Å². The first-order valence-corrected chi connectivity index (χ1v) is 9.35. The minimum Gasteiger partial charge on any atom is -0.755 e. The van der Waals surface area contributed by atoms with Gasteiger partial charge in [-0.1, -0.05) is 30.7 Å². The van der Waals surface area contributed by atoms with Gasteiger partial charge in [0.15, 0.2) is 0 Å². The lowest BCUT2D eigenvalue weighted by Gasteiger charge is -2.35. The van der Waals surface area contributed by atoms with Gasteiger partial charge in [0.1, 0.15) is 0 Å². The van der Waals surface area contributed by atoms with Gasteiger partial charge >= 0.3 is 0 Å². The summed E-state index contributed by atoms with van der Waals surface area (Å²) in [4.78, 5) is 0. The van der Waals surface area contributed by atoms with E-state index < -0.39 is 11.3 Å². The van der Waals surface area contributed by atoms with Crippen LogP contribution in [0.5, 0.6) is 0 Å². The maximum absolute atomic E-state index is 11.8. The predicted molar refractivity (Wildman–Crippen MR) is 99.7 cm³/mol. The van der Waals surface area contributed by atoms with Crippen LogP contribution in [0.4, 0.5) is 11.4 Å². The van der Waals surface area contributed by atoms with Crippen molar-refractivity contribution in [1.82, 2.24) is 0 Å². The summed E-state index contributed by atoms with van der Waals surface area (Å²) in [5, 5.41) is 12.4. The Morgan fingerprint density at radius 1 is 1.32 bits per heavy atom. The summed E-state index contributed by atoms with van der Waals surface area (Å²) >= 11 is -2.32. The Balaban J connectivity index is 1.98. The van der Waals surface area contributed by atoms with E-state index in [1.807, 2.05) is 36.4 Å². The Bertz CT molecular complexity index is 828. The van der Waals surface area contributed by atoms with Crippen LogP contribution in [0.15, 0.2) is 42.5 Å². The molecule has 6 heteroatoms. The van der Waals surface area contributed by atoms with Crippen LogP contribution in [0, 0.1) is 17.2 Å². The molecule has 2 aromatic carbocycles. The molecule has 3 rings (SSSR count). The van der Waals surface area contributed by atoms with Crippen molar-refractivity contribution in [3.05, 3.63) is 48.0 Å². The van der Waals surface area contributed by atoms with Gasteiger partial charge in [0.05, 0.1) is 23.0 Å². The zero-order valence-corrected chi connectivity index (χ0v) is 14.9. The quantitative estimate of drug-likeness (QED) is 0.803. The summed E-state index contributed by atoms with van der Waals surface area (Å²) in [6, 6.07) is 15.2. The maximum Gasteiger partial charge on any atom is 0.0998 e. The van der Waals surface area contributed by atoms with Crippen LogP contribution in [0.3, 0.4) is 0 Å². The number of hydrogen-bond donors (Lipinski definition) is 1. The largest absolute Gasteiger partial charge is 0.755 e. The molecule has 1 aliphatic rings. The number of nitrogens with one attached hydrogen (secondary N) is 1. The van der Waals surface area contributed by atoms with E-state index in [4.69, 9.17) is 0 Å². The van der Waals surface area contributed by atoms with Gasteiger partial charge in [0.2, 0.25) is 0 Å². The molecule has 130 valence electrons. The first kappa shape index (κ1) is 17.5. The van der Waals surface area contributed by atoms with Gasteiger partial charge in [-0.3, -0.25) is 4.21 Å². The molecule has 1 atom stereocenters. The first-order chi connectivity index (χ1) is 12.1. The van der Waals surface area contributed by atoms with Gasteiger partial charge in [-0.25, -0.2) is 0 Å². The first-order valence-electron chi connectivity index (χ1n) is 8.32. The smallest absolute Gasteiger partial charge is 0.0998 e. The number of hydrogen-bond acceptors (Lipinski definition) is 4. The fourth-order valence-electron chi connectivity index (χ4n) is 3.10. The molecule has 25 heavy (non-hydrogen) atoms. The van der Waals surface area contributed by atoms with Crippen LogP contribution in [0.2, 0.25) is 0 Å². The predicted octanol–water partition coefficient (Wildman–Crippen LogP) is 3.67. The van der Waals surface area contributed by atoms with Crippen LogP contribution in [-0.4, -0.2) is 22.4 Å². The standard InChI is InChI=1S/C19H21N3O2S/c1-21-18-11-15(17-8-3-2-7-16(17)12-20)9-10-19(18)22(25(23)24)13-14-5-4-6-14/h2-3,7-11,14,21H,4-6,13H2,1H3,(H,23,24)/p-1. The second kappa shape index (κ2) is 7.68. The van der Waals surface area contributed by atoms with Crippen LogP contribution in [0.25, 0.3) is 11.1 Å². The molecule has 1 saturated carbocycles. The van der Waals surface area contributed by atoms with E-state index in [1.54, 1.807) is 13.1 Å². The molecule has 1 fully saturated rings. The van der Waals surface area contributed by atoms with Gasteiger partial charge in [-0.2, -0.15) is 5.26 Å². The topological polar surface area (TPSA) is 79.2 Å². The van der Waals surface area contributed by atoms with Crippen molar-refractivity contribution >= 4 is 22.6 Å². The molecule has 5 nitrogen and oxygen atoms in total. The summed E-state index contributed by atoms with van der Waals surface area (Å²) in [6.45, 7) is 0.513. The van der Waals surface area contributed by atoms with E-state index in [1.165, 1.54) is 10.7 Å². The highest BCUT2D eigenvalue weighted by Gasteiger charge is 2.23. The van der Waals surface area contributed by atoms with E-state index in [2.05, 4.69) is 11.4 Å². The third-order valence-electron chi connectivity index (χ3n) is 4.72. The third-order valence-corrected chi connectivity index (χ3v) is 5.43. The molecule has 2 aromatic rings. The number of anilines is 2. The van der Waals surface area contributed by atoms with Gasteiger partial charge in [-0.15, -0.1) is 0 Å². The summed E-state index contributed by atoms with van der Waals surface area (Å²) in [6.07, 6.45) is 3.33. The lowest BCUT2D eigenvalue weighted by atomic mass is 9.85. The molecular formula is C19H20N3O2S-. The third kappa shape index (κ3) is 3.68. The van der Waals surface area contributed by atoms with E-state index in [-0.39, 0.29) is 0 Å². The highest BCUT2D eigenvalue weighted by Crippen LogP contribution is 2.35. The fraction of sp³-hybridized carbons (Fsp3) is 0.316. The molecule has 1 unspecified atom stereocenters. The minimum absolute atomic E-state index is 0.432. The summed E-state index contributed by atoms with van der Waals surface area (Å²) in [7, 11) is 1.77. The zero-order chi connectivity index (χ0) is 17.8. The minimum atomic E-state index is -2.32. The Kier molecular flexibility index (Phi) is 5.37. The second-order valence-corrected chi connectivity index (χ2v) is 7.09. The van der Waals surface area contributed by atoms with Crippen LogP contribution in [-0.2, 0) is 11.3 Å². The van der Waals surface area contributed by atoms with Crippen molar-refractivity contribution in [3.63, 3.8) is 0 Å². The van der Waals surface area contributed by atoms with Crippen LogP contribution < -0.4 is 9.62 Å². The fourth-order valence-corrected chi connectivity index (χ4v) is 3.76. The Hall–Kier alpha value is -2.36. The molecule has 0 amide bonds. The average molecular weight is 354 g/mol. The Morgan fingerprint density at radius 2 is 2.08 bits per heavy atom. The van der Waals surface area contributed by atoms with Crippen LogP contribution in [0.1, 0.15) is 24.8 Å². The molecule has 0 bridgehead atoms. The summed E-state index contributed by atoms with van der Waals surface area (Å²) in [5.41, 5.74) is 3.68. The normalized spacial score (nSPS) is 15.1. The number of nitriles is 1. The number of nitrogens with zero attached hydrogens (tertiary/aromatic N) is 2. The maximum atomic E-state index is 11.8. The summed E-state index contributed by atoms with van der Waals surface area (Å²) in [5.74, 6) is 0.432. The van der Waals surface area contributed by atoms with Crippen molar-refractivity contribution in [2.45, 2.75) is 19.3 Å². The lowest BCUT2D eigenvalue weighted by molar-refractivity contribution is 0.325. The second-order valence-electron chi connectivity index (χ2n) is 6.21. The monoisotopic (exact) mass is 354 g/mol. The molecule has 0 spiro atoms. The number of rotatable bonds is 6.